The number of aliphatic hydroxyl groups excluding tert-OH is 1. The fourth-order valence-electron chi connectivity index (χ4n) is 3.25. The van der Waals surface area contributed by atoms with Gasteiger partial charge in [-0.15, -0.1) is 0 Å². The van der Waals surface area contributed by atoms with Gasteiger partial charge < -0.3 is 20.1 Å². The first-order valence-corrected chi connectivity index (χ1v) is 9.68. The molecule has 0 spiro atoms. The average Bonchev–Trinajstić information content (AvgIpc) is 3.20. The molecule has 0 saturated carbocycles. The van der Waals surface area contributed by atoms with Gasteiger partial charge in [-0.05, 0) is 36.4 Å². The van der Waals surface area contributed by atoms with Gasteiger partial charge in [0.25, 0.3) is 5.91 Å². The van der Waals surface area contributed by atoms with Crippen LogP contribution < -0.4 is 10.6 Å². The Balaban J connectivity index is 1.42. The van der Waals surface area contributed by atoms with Crippen LogP contribution in [0.15, 0.2) is 73.1 Å². The van der Waals surface area contributed by atoms with E-state index < -0.39 is 23.6 Å². The van der Waals surface area contributed by atoms with Crippen molar-refractivity contribution in [2.45, 2.75) is 12.6 Å². The summed E-state index contributed by atoms with van der Waals surface area (Å²) in [4.78, 5) is 16.7. The van der Waals surface area contributed by atoms with Crippen LogP contribution in [0.4, 0.5) is 14.5 Å². The third kappa shape index (κ3) is 4.54. The van der Waals surface area contributed by atoms with Crippen molar-refractivity contribution in [3.05, 3.63) is 102 Å². The summed E-state index contributed by atoms with van der Waals surface area (Å²) in [6.07, 6.45) is 2.36. The summed E-state index contributed by atoms with van der Waals surface area (Å²) in [5.41, 5.74) is 2.08. The smallest absolute Gasteiger partial charge is 0.251 e. The minimum atomic E-state index is -1.20. The highest BCUT2D eigenvalue weighted by atomic mass is 19.1. The Morgan fingerprint density at radius 2 is 1.87 bits per heavy atom. The number of nitrogens with one attached hydrogen (secondary N) is 2. The lowest BCUT2D eigenvalue weighted by atomic mass is 10.1. The van der Waals surface area contributed by atoms with Crippen LogP contribution in [0.25, 0.3) is 5.65 Å². The van der Waals surface area contributed by atoms with Crippen molar-refractivity contribution in [2.24, 2.45) is 0 Å². The van der Waals surface area contributed by atoms with Crippen molar-refractivity contribution >= 4 is 17.2 Å². The van der Waals surface area contributed by atoms with E-state index in [1.54, 1.807) is 12.3 Å². The van der Waals surface area contributed by atoms with Crippen molar-refractivity contribution in [1.82, 2.24) is 14.7 Å². The van der Waals surface area contributed by atoms with Crippen LogP contribution in [0.5, 0.6) is 0 Å². The minimum Gasteiger partial charge on any atom is -0.386 e. The van der Waals surface area contributed by atoms with Crippen molar-refractivity contribution in [2.75, 3.05) is 11.9 Å². The number of imidazole rings is 1. The Labute approximate surface area is 177 Å². The molecule has 0 saturated heterocycles. The number of carbonyl (C=O) groups excluding carboxylic acids is 1. The molecule has 8 heteroatoms. The largest absolute Gasteiger partial charge is 0.386 e. The minimum absolute atomic E-state index is 0.0947. The third-order valence-electron chi connectivity index (χ3n) is 4.90. The lowest BCUT2D eigenvalue weighted by Crippen LogP contribution is -2.28. The number of halogens is 2. The second-order valence-corrected chi connectivity index (χ2v) is 6.97. The zero-order valence-electron chi connectivity index (χ0n) is 16.4. The molecule has 158 valence electrons. The number of fused-ring (bicyclic) bond motifs is 1. The Hall–Kier alpha value is -3.78. The standard InChI is InChI=1S/C23H20F2N4O2/c24-18-6-2-1-5-17(18)21(30)14-28-23(31)15-8-9-19(25)20(11-15)26-12-16-13-27-22-7-3-4-10-29(16)22/h1-11,13,21,26,30H,12,14H2,(H,28,31). The molecule has 1 amide bonds. The van der Waals surface area contributed by atoms with Crippen molar-refractivity contribution < 1.29 is 18.7 Å². The quantitative estimate of drug-likeness (QED) is 0.425. The summed E-state index contributed by atoms with van der Waals surface area (Å²) >= 11 is 0. The van der Waals surface area contributed by atoms with Crippen LogP contribution in [-0.2, 0) is 6.54 Å². The molecule has 4 aromatic rings. The van der Waals surface area contributed by atoms with E-state index in [2.05, 4.69) is 15.6 Å². The highest BCUT2D eigenvalue weighted by Gasteiger charge is 2.15. The maximum Gasteiger partial charge on any atom is 0.251 e. The molecule has 0 aliphatic rings. The Kier molecular flexibility index (Phi) is 5.90. The highest BCUT2D eigenvalue weighted by molar-refractivity contribution is 5.95. The summed E-state index contributed by atoms with van der Waals surface area (Å²) < 4.78 is 29.9. The number of hydrogen-bond donors (Lipinski definition) is 3. The molecule has 2 heterocycles. The first-order chi connectivity index (χ1) is 15.0. The molecule has 3 N–H and O–H groups in total. The predicted octanol–water partition coefficient (Wildman–Crippen LogP) is 3.69. The fraction of sp³-hybridized carbons (Fsp3) is 0.130. The van der Waals surface area contributed by atoms with Gasteiger partial charge in [-0.2, -0.15) is 0 Å². The van der Waals surface area contributed by atoms with E-state index in [0.29, 0.717) is 6.54 Å². The molecule has 6 nitrogen and oxygen atoms in total. The van der Waals surface area contributed by atoms with Gasteiger partial charge >= 0.3 is 0 Å². The molecule has 2 aromatic heterocycles. The lowest BCUT2D eigenvalue weighted by Gasteiger charge is -2.14. The molecular formula is C23H20F2N4O2. The van der Waals surface area contributed by atoms with Gasteiger partial charge in [0.1, 0.15) is 17.3 Å². The topological polar surface area (TPSA) is 78.7 Å². The number of amides is 1. The van der Waals surface area contributed by atoms with Crippen LogP contribution in [0, 0.1) is 11.6 Å². The van der Waals surface area contributed by atoms with Crippen LogP contribution in [0.1, 0.15) is 27.7 Å². The van der Waals surface area contributed by atoms with Gasteiger partial charge in [0.2, 0.25) is 0 Å². The van der Waals surface area contributed by atoms with E-state index in [9.17, 15) is 18.7 Å². The zero-order chi connectivity index (χ0) is 21.8. The number of pyridine rings is 1. The number of benzene rings is 2. The van der Waals surface area contributed by atoms with E-state index in [1.807, 2.05) is 28.8 Å². The zero-order valence-corrected chi connectivity index (χ0v) is 16.4. The Morgan fingerprint density at radius 3 is 2.71 bits per heavy atom. The second-order valence-electron chi connectivity index (χ2n) is 6.97. The number of rotatable bonds is 7. The van der Waals surface area contributed by atoms with E-state index in [1.165, 1.54) is 36.4 Å². The van der Waals surface area contributed by atoms with Gasteiger partial charge in [-0.25, -0.2) is 13.8 Å². The Morgan fingerprint density at radius 1 is 1.06 bits per heavy atom. The molecule has 0 fully saturated rings. The molecule has 4 rings (SSSR count). The number of aliphatic hydroxyl groups is 1. The van der Waals surface area contributed by atoms with Crippen LogP contribution in [0.3, 0.4) is 0 Å². The molecule has 0 aliphatic carbocycles. The summed E-state index contributed by atoms with van der Waals surface area (Å²) in [5.74, 6) is -1.56. The molecule has 0 bridgehead atoms. The van der Waals surface area contributed by atoms with E-state index in [-0.39, 0.29) is 23.4 Å². The van der Waals surface area contributed by atoms with Crippen molar-refractivity contribution in [3.63, 3.8) is 0 Å². The van der Waals surface area contributed by atoms with Crippen LogP contribution >= 0.6 is 0 Å². The van der Waals surface area contributed by atoms with E-state index >= 15 is 0 Å². The normalized spacial score (nSPS) is 12.0. The SMILES string of the molecule is O=C(NCC(O)c1ccccc1F)c1ccc(F)c(NCc2cnc3ccccn23)c1. The summed E-state index contributed by atoms with van der Waals surface area (Å²) in [6, 6.07) is 15.4. The number of hydrogen-bond acceptors (Lipinski definition) is 4. The molecule has 0 aliphatic heterocycles. The molecule has 0 radical (unpaired) electrons. The van der Waals surface area contributed by atoms with Crippen molar-refractivity contribution in [1.29, 1.82) is 0 Å². The predicted molar refractivity (Wildman–Crippen MR) is 113 cm³/mol. The van der Waals surface area contributed by atoms with Gasteiger partial charge in [0, 0.05) is 23.9 Å². The van der Waals surface area contributed by atoms with Crippen LogP contribution in [0.2, 0.25) is 0 Å². The van der Waals surface area contributed by atoms with Crippen molar-refractivity contribution in [3.8, 4) is 0 Å². The number of carbonyl (C=O) groups is 1. The molecule has 1 atom stereocenters. The molecule has 31 heavy (non-hydrogen) atoms. The van der Waals surface area contributed by atoms with Gasteiger partial charge in [-0.1, -0.05) is 24.3 Å². The summed E-state index contributed by atoms with van der Waals surface area (Å²) in [7, 11) is 0. The number of aromatic nitrogens is 2. The second kappa shape index (κ2) is 8.93. The number of nitrogens with zero attached hydrogens (tertiary/aromatic N) is 2. The first kappa shape index (κ1) is 20.5. The van der Waals surface area contributed by atoms with E-state index in [0.717, 1.165) is 11.3 Å². The fourth-order valence-corrected chi connectivity index (χ4v) is 3.25. The first-order valence-electron chi connectivity index (χ1n) is 9.68. The third-order valence-corrected chi connectivity index (χ3v) is 4.90. The average molecular weight is 422 g/mol. The highest BCUT2D eigenvalue weighted by Crippen LogP contribution is 2.19. The van der Waals surface area contributed by atoms with Gasteiger partial charge in [0.15, 0.2) is 0 Å². The molecule has 2 aromatic carbocycles. The molecule has 1 unspecified atom stereocenters. The molecular weight excluding hydrogens is 402 g/mol. The van der Waals surface area contributed by atoms with Gasteiger partial charge in [0.05, 0.1) is 30.2 Å². The van der Waals surface area contributed by atoms with Crippen LogP contribution in [-0.4, -0.2) is 26.9 Å². The maximum absolute atomic E-state index is 14.3. The lowest BCUT2D eigenvalue weighted by molar-refractivity contribution is 0.0914. The maximum atomic E-state index is 14.3. The van der Waals surface area contributed by atoms with Gasteiger partial charge in [-0.3, -0.25) is 4.79 Å². The monoisotopic (exact) mass is 422 g/mol. The number of anilines is 1. The van der Waals surface area contributed by atoms with E-state index in [4.69, 9.17) is 0 Å². The Bertz CT molecular complexity index is 1230. The summed E-state index contributed by atoms with van der Waals surface area (Å²) in [6.45, 7) is 0.126. The summed E-state index contributed by atoms with van der Waals surface area (Å²) in [5, 5.41) is 15.7.